The van der Waals surface area contributed by atoms with E-state index < -0.39 is 0 Å². The van der Waals surface area contributed by atoms with Gasteiger partial charge in [-0.15, -0.1) is 0 Å². The van der Waals surface area contributed by atoms with Crippen LogP contribution in [-0.4, -0.2) is 11.6 Å². The molecule has 0 aliphatic rings. The predicted molar refractivity (Wildman–Crippen MR) is 54.3 cm³/mol. The largest absolute Gasteiger partial charge is 0.477 e. The Balaban J connectivity index is 2.78. The van der Waals surface area contributed by atoms with Gasteiger partial charge < -0.3 is 4.74 Å². The van der Waals surface area contributed by atoms with Crippen LogP contribution in [0.15, 0.2) is 12.1 Å². The fraction of sp³-hybridized carbons (Fsp3) is 0.400. The van der Waals surface area contributed by atoms with Crippen molar-refractivity contribution in [3.63, 3.8) is 0 Å². The number of hydrogen-bond donors (Lipinski definition) is 0. The molecular formula is C10H11ClN2O. The van der Waals surface area contributed by atoms with Crippen LogP contribution in [0.5, 0.6) is 5.88 Å². The Kier molecular flexibility index (Phi) is 3.73. The van der Waals surface area contributed by atoms with Gasteiger partial charge in [-0.1, -0.05) is 25.4 Å². The fourth-order valence-electron chi connectivity index (χ4n) is 0.863. The summed E-state index contributed by atoms with van der Waals surface area (Å²) in [5, 5.41) is 8.95. The van der Waals surface area contributed by atoms with E-state index in [1.165, 1.54) is 6.07 Å². The summed E-state index contributed by atoms with van der Waals surface area (Å²) in [6.07, 6.45) is 0. The highest BCUT2D eigenvalue weighted by Crippen LogP contribution is 2.16. The van der Waals surface area contributed by atoms with Gasteiger partial charge >= 0.3 is 0 Å². The molecule has 1 aromatic rings. The molecule has 0 saturated carbocycles. The molecule has 0 amide bonds. The van der Waals surface area contributed by atoms with Crippen molar-refractivity contribution in [3.05, 3.63) is 22.8 Å². The summed E-state index contributed by atoms with van der Waals surface area (Å²) in [6.45, 7) is 4.64. The molecule has 0 N–H and O–H groups in total. The van der Waals surface area contributed by atoms with E-state index >= 15 is 0 Å². The second-order valence-electron chi connectivity index (χ2n) is 3.33. The lowest BCUT2D eigenvalue weighted by molar-refractivity contribution is 0.261. The molecule has 0 fully saturated rings. The second-order valence-corrected chi connectivity index (χ2v) is 3.72. The van der Waals surface area contributed by atoms with Crippen LogP contribution in [0, 0.1) is 17.2 Å². The molecule has 0 aliphatic heterocycles. The quantitative estimate of drug-likeness (QED) is 0.721. The van der Waals surface area contributed by atoms with Gasteiger partial charge in [0.15, 0.2) is 0 Å². The maximum absolute atomic E-state index is 8.67. The van der Waals surface area contributed by atoms with Crippen molar-refractivity contribution in [2.24, 2.45) is 5.92 Å². The molecule has 1 aromatic heterocycles. The van der Waals surface area contributed by atoms with E-state index in [9.17, 15) is 0 Å². The molecule has 0 aromatic carbocycles. The third-order valence-corrected chi connectivity index (χ3v) is 1.66. The van der Waals surface area contributed by atoms with Gasteiger partial charge in [-0.25, -0.2) is 4.98 Å². The van der Waals surface area contributed by atoms with E-state index in [-0.39, 0.29) is 5.15 Å². The van der Waals surface area contributed by atoms with Crippen LogP contribution in [-0.2, 0) is 0 Å². The molecule has 0 aliphatic carbocycles. The van der Waals surface area contributed by atoms with Gasteiger partial charge in [-0.05, 0) is 12.0 Å². The number of nitrogens with zero attached hydrogens (tertiary/aromatic N) is 2. The van der Waals surface area contributed by atoms with Crippen LogP contribution >= 0.6 is 11.6 Å². The van der Waals surface area contributed by atoms with E-state index in [0.29, 0.717) is 24.0 Å². The zero-order valence-corrected chi connectivity index (χ0v) is 8.88. The van der Waals surface area contributed by atoms with Crippen LogP contribution in [0.1, 0.15) is 19.4 Å². The first-order valence-electron chi connectivity index (χ1n) is 4.32. The summed E-state index contributed by atoms with van der Waals surface area (Å²) in [7, 11) is 0. The molecule has 4 heteroatoms. The first-order chi connectivity index (χ1) is 6.61. The minimum atomic E-state index is 0.280. The SMILES string of the molecule is CC(C)COc1cc(C#N)cc(Cl)n1. The van der Waals surface area contributed by atoms with E-state index in [2.05, 4.69) is 4.98 Å². The molecule has 0 bridgehead atoms. The minimum absolute atomic E-state index is 0.280. The Labute approximate surface area is 88.3 Å². The molecule has 0 unspecified atom stereocenters. The molecule has 1 heterocycles. The van der Waals surface area contributed by atoms with Crippen LogP contribution in [0.25, 0.3) is 0 Å². The van der Waals surface area contributed by atoms with Crippen LogP contribution in [0.4, 0.5) is 0 Å². The Bertz CT molecular complexity index is 358. The highest BCUT2D eigenvalue weighted by atomic mass is 35.5. The molecule has 0 spiro atoms. The highest BCUT2D eigenvalue weighted by Gasteiger charge is 2.02. The van der Waals surface area contributed by atoms with Gasteiger partial charge in [0.2, 0.25) is 5.88 Å². The van der Waals surface area contributed by atoms with Crippen molar-refractivity contribution < 1.29 is 4.74 Å². The number of rotatable bonds is 3. The lowest BCUT2D eigenvalue weighted by Gasteiger charge is -2.07. The average molecular weight is 211 g/mol. The van der Waals surface area contributed by atoms with Crippen molar-refractivity contribution in [1.82, 2.24) is 4.98 Å². The predicted octanol–water partition coefficient (Wildman–Crippen LogP) is 2.64. The van der Waals surface area contributed by atoms with Gasteiger partial charge in [0.25, 0.3) is 0 Å². The van der Waals surface area contributed by atoms with Gasteiger partial charge in [0.05, 0.1) is 18.2 Å². The topological polar surface area (TPSA) is 45.9 Å². The first-order valence-corrected chi connectivity index (χ1v) is 4.70. The summed E-state index contributed by atoms with van der Waals surface area (Å²) in [5.41, 5.74) is 0.462. The Hall–Kier alpha value is -1.27. The zero-order chi connectivity index (χ0) is 10.6. The molecule has 14 heavy (non-hydrogen) atoms. The molecule has 0 saturated heterocycles. The monoisotopic (exact) mass is 210 g/mol. The number of nitriles is 1. The standard InChI is InChI=1S/C10H11ClN2O/c1-7(2)6-14-10-4-8(5-12)3-9(11)13-10/h3-4,7H,6H2,1-2H3. The fourth-order valence-corrected chi connectivity index (χ4v) is 1.06. The van der Waals surface area contributed by atoms with E-state index in [4.69, 9.17) is 21.6 Å². The van der Waals surface area contributed by atoms with Crippen molar-refractivity contribution in [1.29, 1.82) is 5.26 Å². The molecule has 74 valence electrons. The summed E-state index contributed by atoms with van der Waals surface area (Å²) in [6, 6.07) is 5.07. The van der Waals surface area contributed by atoms with Crippen LogP contribution < -0.4 is 4.74 Å². The molecule has 1 rings (SSSR count). The molecule has 0 radical (unpaired) electrons. The van der Waals surface area contributed by atoms with E-state index in [0.717, 1.165) is 0 Å². The maximum atomic E-state index is 8.67. The normalized spacial score (nSPS) is 9.93. The number of hydrogen-bond acceptors (Lipinski definition) is 3. The van der Waals surface area contributed by atoms with E-state index in [1.54, 1.807) is 6.07 Å². The van der Waals surface area contributed by atoms with Crippen molar-refractivity contribution in [3.8, 4) is 11.9 Å². The van der Waals surface area contributed by atoms with Gasteiger partial charge in [-0.2, -0.15) is 5.26 Å². The van der Waals surface area contributed by atoms with E-state index in [1.807, 2.05) is 19.9 Å². The Morgan fingerprint density at radius 3 is 2.86 bits per heavy atom. The van der Waals surface area contributed by atoms with Crippen molar-refractivity contribution >= 4 is 11.6 Å². The summed E-state index contributed by atoms with van der Waals surface area (Å²) in [5.74, 6) is 0.823. The number of pyridine rings is 1. The zero-order valence-electron chi connectivity index (χ0n) is 8.12. The second kappa shape index (κ2) is 4.83. The number of halogens is 1. The molecule has 0 atom stereocenters. The van der Waals surface area contributed by atoms with Gasteiger partial charge in [0, 0.05) is 6.07 Å². The van der Waals surface area contributed by atoms with Crippen LogP contribution in [0.2, 0.25) is 5.15 Å². The summed E-state index contributed by atoms with van der Waals surface area (Å²) in [4.78, 5) is 3.95. The number of aromatic nitrogens is 1. The molecular weight excluding hydrogens is 200 g/mol. The number of ether oxygens (including phenoxy) is 1. The smallest absolute Gasteiger partial charge is 0.215 e. The summed E-state index contributed by atoms with van der Waals surface area (Å²) < 4.78 is 5.34. The van der Waals surface area contributed by atoms with Crippen LogP contribution in [0.3, 0.4) is 0 Å². The van der Waals surface area contributed by atoms with Crippen molar-refractivity contribution in [2.45, 2.75) is 13.8 Å². The van der Waals surface area contributed by atoms with Gasteiger partial charge in [0.1, 0.15) is 5.15 Å². The third-order valence-electron chi connectivity index (χ3n) is 1.46. The first kappa shape index (κ1) is 10.8. The maximum Gasteiger partial charge on any atom is 0.215 e. The average Bonchev–Trinajstić information content (AvgIpc) is 2.14. The lowest BCUT2D eigenvalue weighted by Crippen LogP contribution is -2.05. The lowest BCUT2D eigenvalue weighted by atomic mass is 10.2. The summed E-state index contributed by atoms with van der Waals surface area (Å²) >= 11 is 5.70. The third kappa shape index (κ3) is 3.23. The Morgan fingerprint density at radius 2 is 2.29 bits per heavy atom. The minimum Gasteiger partial charge on any atom is -0.477 e. The highest BCUT2D eigenvalue weighted by molar-refractivity contribution is 6.29. The molecule has 3 nitrogen and oxygen atoms in total. The Morgan fingerprint density at radius 1 is 1.57 bits per heavy atom. The van der Waals surface area contributed by atoms with Gasteiger partial charge in [-0.3, -0.25) is 0 Å². The van der Waals surface area contributed by atoms with Crippen molar-refractivity contribution in [2.75, 3.05) is 6.61 Å².